The van der Waals surface area contributed by atoms with Gasteiger partial charge in [-0.2, -0.15) is 0 Å². The number of ether oxygens (including phenoxy) is 1. The molecule has 0 bridgehead atoms. The summed E-state index contributed by atoms with van der Waals surface area (Å²) in [6, 6.07) is 0. The second-order valence-corrected chi connectivity index (χ2v) is 2.63. The van der Waals surface area contributed by atoms with E-state index in [0.717, 1.165) is 0 Å². The second-order valence-electron chi connectivity index (χ2n) is 2.63. The van der Waals surface area contributed by atoms with Gasteiger partial charge in [0.05, 0.1) is 13.0 Å². The van der Waals surface area contributed by atoms with Crippen LogP contribution < -0.4 is 5.32 Å². The highest BCUT2D eigenvalue weighted by atomic mass is 16.5. The molecule has 74 valence electrons. The van der Waals surface area contributed by atoms with Crippen molar-refractivity contribution in [2.24, 2.45) is 5.92 Å². The number of hydrogen-bond donors (Lipinski definition) is 1. The van der Waals surface area contributed by atoms with Crippen molar-refractivity contribution in [3.63, 3.8) is 0 Å². The first-order chi connectivity index (χ1) is 6.04. The second kappa shape index (κ2) is 5.35. The van der Waals surface area contributed by atoms with E-state index in [1.165, 1.54) is 7.11 Å². The average molecular weight is 185 g/mol. The zero-order chi connectivity index (χ0) is 10.4. The SMILES string of the molecule is C=C(C(=O)OC)C(C)C(=O)NCC. The molecule has 0 fully saturated rings. The molecule has 1 N–H and O–H groups in total. The van der Waals surface area contributed by atoms with Crippen molar-refractivity contribution in [1.82, 2.24) is 5.32 Å². The van der Waals surface area contributed by atoms with E-state index in [9.17, 15) is 9.59 Å². The Morgan fingerprint density at radius 3 is 2.46 bits per heavy atom. The maximum absolute atomic E-state index is 11.2. The van der Waals surface area contributed by atoms with E-state index in [2.05, 4.69) is 16.6 Å². The molecular weight excluding hydrogens is 170 g/mol. The van der Waals surface area contributed by atoms with E-state index >= 15 is 0 Å². The monoisotopic (exact) mass is 185 g/mol. The fraction of sp³-hybridized carbons (Fsp3) is 0.556. The van der Waals surface area contributed by atoms with Crippen LogP contribution in [-0.2, 0) is 14.3 Å². The molecule has 0 aromatic carbocycles. The molecule has 0 aliphatic rings. The molecule has 1 unspecified atom stereocenters. The van der Waals surface area contributed by atoms with E-state index in [1.807, 2.05) is 6.92 Å². The minimum Gasteiger partial charge on any atom is -0.466 e. The van der Waals surface area contributed by atoms with Crippen LogP contribution in [0.2, 0.25) is 0 Å². The first-order valence-electron chi connectivity index (χ1n) is 4.09. The number of methoxy groups -OCH3 is 1. The van der Waals surface area contributed by atoms with E-state index in [1.54, 1.807) is 6.92 Å². The topological polar surface area (TPSA) is 55.4 Å². The summed E-state index contributed by atoms with van der Waals surface area (Å²) in [5.74, 6) is -1.29. The number of carbonyl (C=O) groups excluding carboxylic acids is 2. The molecule has 0 heterocycles. The Bertz CT molecular complexity index is 223. The maximum Gasteiger partial charge on any atom is 0.333 e. The van der Waals surface area contributed by atoms with Gasteiger partial charge in [0.1, 0.15) is 0 Å². The van der Waals surface area contributed by atoms with Crippen molar-refractivity contribution in [2.45, 2.75) is 13.8 Å². The minimum atomic E-state index is -0.543. The van der Waals surface area contributed by atoms with Gasteiger partial charge in [-0.05, 0) is 13.8 Å². The van der Waals surface area contributed by atoms with Crippen LogP contribution >= 0.6 is 0 Å². The number of hydrogen-bond acceptors (Lipinski definition) is 3. The lowest BCUT2D eigenvalue weighted by atomic mass is 10.0. The zero-order valence-corrected chi connectivity index (χ0v) is 8.22. The Morgan fingerprint density at radius 2 is 2.08 bits per heavy atom. The van der Waals surface area contributed by atoms with Gasteiger partial charge in [-0.1, -0.05) is 6.58 Å². The molecule has 0 aromatic heterocycles. The molecule has 1 amide bonds. The van der Waals surface area contributed by atoms with Crippen LogP contribution in [0.1, 0.15) is 13.8 Å². The third kappa shape index (κ3) is 3.27. The normalized spacial score (nSPS) is 11.6. The smallest absolute Gasteiger partial charge is 0.333 e. The first kappa shape index (κ1) is 11.7. The van der Waals surface area contributed by atoms with Crippen LogP contribution in [0.4, 0.5) is 0 Å². The molecule has 0 radical (unpaired) electrons. The molecule has 0 saturated carbocycles. The number of carbonyl (C=O) groups is 2. The summed E-state index contributed by atoms with van der Waals surface area (Å²) in [7, 11) is 1.26. The Morgan fingerprint density at radius 1 is 1.54 bits per heavy atom. The lowest BCUT2D eigenvalue weighted by molar-refractivity contribution is -0.138. The van der Waals surface area contributed by atoms with Crippen LogP contribution in [0, 0.1) is 5.92 Å². The van der Waals surface area contributed by atoms with Crippen LogP contribution in [0.5, 0.6) is 0 Å². The van der Waals surface area contributed by atoms with Gasteiger partial charge in [0, 0.05) is 12.1 Å². The summed E-state index contributed by atoms with van der Waals surface area (Å²) in [6.45, 7) is 7.46. The molecule has 4 nitrogen and oxygen atoms in total. The zero-order valence-electron chi connectivity index (χ0n) is 8.22. The lowest BCUT2D eigenvalue weighted by Crippen LogP contribution is -2.31. The van der Waals surface area contributed by atoms with Crippen molar-refractivity contribution < 1.29 is 14.3 Å². The van der Waals surface area contributed by atoms with Gasteiger partial charge in [0.25, 0.3) is 0 Å². The highest BCUT2D eigenvalue weighted by molar-refractivity contribution is 5.96. The largest absolute Gasteiger partial charge is 0.466 e. The standard InChI is InChI=1S/C9H15NO3/c1-5-10-8(11)6(2)7(3)9(12)13-4/h6H,3,5H2,1-2,4H3,(H,10,11). The average Bonchev–Trinajstić information content (AvgIpc) is 2.14. The van der Waals surface area contributed by atoms with Crippen molar-refractivity contribution in [3.8, 4) is 0 Å². The van der Waals surface area contributed by atoms with Gasteiger partial charge >= 0.3 is 5.97 Å². The van der Waals surface area contributed by atoms with Crippen molar-refractivity contribution >= 4 is 11.9 Å². The van der Waals surface area contributed by atoms with Crippen LogP contribution in [-0.4, -0.2) is 25.5 Å². The van der Waals surface area contributed by atoms with Crippen molar-refractivity contribution in [2.75, 3.05) is 13.7 Å². The number of esters is 1. The molecule has 0 aromatic rings. The van der Waals surface area contributed by atoms with Gasteiger partial charge in [-0.15, -0.1) is 0 Å². The predicted molar refractivity (Wildman–Crippen MR) is 49.0 cm³/mol. The van der Waals surface area contributed by atoms with Gasteiger partial charge in [-0.25, -0.2) is 4.79 Å². The fourth-order valence-corrected chi connectivity index (χ4v) is 0.793. The van der Waals surface area contributed by atoms with E-state index in [-0.39, 0.29) is 11.5 Å². The molecule has 0 aliphatic heterocycles. The highest BCUT2D eigenvalue weighted by Gasteiger charge is 2.21. The number of rotatable bonds is 4. The summed E-state index contributed by atoms with van der Waals surface area (Å²) in [6.07, 6.45) is 0. The Balaban J connectivity index is 4.25. The molecule has 4 heteroatoms. The molecule has 0 spiro atoms. The maximum atomic E-state index is 11.2. The molecule has 0 aliphatic carbocycles. The van der Waals surface area contributed by atoms with Crippen LogP contribution in [0.15, 0.2) is 12.2 Å². The van der Waals surface area contributed by atoms with Crippen LogP contribution in [0.3, 0.4) is 0 Å². The summed E-state index contributed by atoms with van der Waals surface area (Å²) >= 11 is 0. The Hall–Kier alpha value is -1.32. The molecule has 1 atom stereocenters. The minimum absolute atomic E-state index is 0.174. The Kier molecular flexibility index (Phi) is 4.80. The van der Waals surface area contributed by atoms with Crippen molar-refractivity contribution in [1.29, 1.82) is 0 Å². The van der Waals surface area contributed by atoms with E-state index < -0.39 is 11.9 Å². The highest BCUT2D eigenvalue weighted by Crippen LogP contribution is 2.09. The van der Waals surface area contributed by atoms with Gasteiger partial charge < -0.3 is 10.1 Å². The van der Waals surface area contributed by atoms with Gasteiger partial charge in [-0.3, -0.25) is 4.79 Å². The third-order valence-corrected chi connectivity index (χ3v) is 1.71. The fourth-order valence-electron chi connectivity index (χ4n) is 0.793. The molecule has 0 saturated heterocycles. The van der Waals surface area contributed by atoms with Gasteiger partial charge in [0.15, 0.2) is 0 Å². The summed E-state index contributed by atoms with van der Waals surface area (Å²) in [5, 5.41) is 2.60. The Labute approximate surface area is 78.0 Å². The first-order valence-corrected chi connectivity index (χ1v) is 4.09. The summed E-state index contributed by atoms with van der Waals surface area (Å²) in [4.78, 5) is 22.2. The molecular formula is C9H15NO3. The number of amides is 1. The summed E-state index contributed by atoms with van der Waals surface area (Å²) in [5.41, 5.74) is 0.174. The lowest BCUT2D eigenvalue weighted by Gasteiger charge is -2.11. The molecule has 13 heavy (non-hydrogen) atoms. The van der Waals surface area contributed by atoms with E-state index in [0.29, 0.717) is 6.54 Å². The predicted octanol–water partition coefficient (Wildman–Crippen LogP) is 0.488. The summed E-state index contributed by atoms with van der Waals surface area (Å²) < 4.78 is 4.44. The van der Waals surface area contributed by atoms with Gasteiger partial charge in [0.2, 0.25) is 5.91 Å². The molecule has 0 rings (SSSR count). The third-order valence-electron chi connectivity index (χ3n) is 1.71. The quantitative estimate of drug-likeness (QED) is 0.512. The van der Waals surface area contributed by atoms with Crippen LogP contribution in [0.25, 0.3) is 0 Å². The van der Waals surface area contributed by atoms with E-state index in [4.69, 9.17) is 0 Å². The number of nitrogens with one attached hydrogen (secondary N) is 1. The van der Waals surface area contributed by atoms with Crippen molar-refractivity contribution in [3.05, 3.63) is 12.2 Å².